The number of aromatic nitrogens is 3. The fourth-order valence-electron chi connectivity index (χ4n) is 3.83. The van der Waals surface area contributed by atoms with Crippen molar-refractivity contribution in [3.63, 3.8) is 0 Å². The lowest BCUT2D eigenvalue weighted by molar-refractivity contribution is -0.113. The lowest BCUT2D eigenvalue weighted by Gasteiger charge is -2.46. The number of fused-ring (bicyclic) bond motifs is 1. The second kappa shape index (κ2) is 4.64. The number of aliphatic hydroxyl groups is 1. The number of benzene rings is 1. The Hall–Kier alpha value is -1.72. The molecule has 2 aliphatic rings. The van der Waals surface area contributed by atoms with E-state index in [2.05, 4.69) is 39.2 Å². The van der Waals surface area contributed by atoms with E-state index in [1.807, 2.05) is 7.05 Å². The van der Waals surface area contributed by atoms with E-state index in [0.717, 1.165) is 6.54 Å². The zero-order valence-electron chi connectivity index (χ0n) is 12.2. The van der Waals surface area contributed by atoms with Gasteiger partial charge in [-0.05, 0) is 29.9 Å². The minimum absolute atomic E-state index is 0.602. The number of rotatable bonds is 3. The maximum absolute atomic E-state index is 10.6. The molecule has 5 heteroatoms. The number of hydrogen-bond donors (Lipinski definition) is 1. The van der Waals surface area contributed by atoms with E-state index < -0.39 is 5.60 Å². The molecule has 2 aromatic rings. The molecule has 1 atom stereocenters. The van der Waals surface area contributed by atoms with Gasteiger partial charge in [0, 0.05) is 26.7 Å². The second-order valence-corrected chi connectivity index (χ2v) is 6.34. The number of likely N-dealkylation sites (tertiary alicyclic amines) is 1. The molecule has 1 fully saturated rings. The molecule has 4 rings (SSSR count). The van der Waals surface area contributed by atoms with Gasteiger partial charge in [0.1, 0.15) is 11.9 Å². The smallest absolute Gasteiger partial charge is 0.161 e. The van der Waals surface area contributed by atoms with Gasteiger partial charge in [0.2, 0.25) is 0 Å². The summed E-state index contributed by atoms with van der Waals surface area (Å²) in [5, 5.41) is 14.7. The van der Waals surface area contributed by atoms with Crippen LogP contribution in [0.2, 0.25) is 0 Å². The maximum Gasteiger partial charge on any atom is 0.161 e. The average Bonchev–Trinajstić information content (AvgIpc) is 3.04. The molecule has 5 nitrogen and oxygen atoms in total. The summed E-state index contributed by atoms with van der Waals surface area (Å²) < 4.78 is 1.67. The lowest BCUT2D eigenvalue weighted by Crippen LogP contribution is -2.61. The summed E-state index contributed by atoms with van der Waals surface area (Å²) >= 11 is 0. The summed E-state index contributed by atoms with van der Waals surface area (Å²) in [5.41, 5.74) is 2.15. The zero-order valence-corrected chi connectivity index (χ0v) is 12.2. The number of β-amino-alcohol motifs (C(OH)–C–C–N with tert-alkyl or cyclic N) is 1. The van der Waals surface area contributed by atoms with Crippen molar-refractivity contribution in [2.75, 3.05) is 19.6 Å². The van der Waals surface area contributed by atoms with Crippen LogP contribution in [0.3, 0.4) is 0 Å². The molecule has 1 saturated heterocycles. The Morgan fingerprint density at radius 3 is 2.90 bits per heavy atom. The van der Waals surface area contributed by atoms with Crippen LogP contribution in [0, 0.1) is 0 Å². The van der Waals surface area contributed by atoms with E-state index in [1.54, 1.807) is 4.68 Å². The molecular weight excluding hydrogens is 264 g/mol. The van der Waals surface area contributed by atoms with Crippen molar-refractivity contribution >= 4 is 0 Å². The zero-order chi connectivity index (χ0) is 14.4. The largest absolute Gasteiger partial charge is 0.379 e. The fourth-order valence-corrected chi connectivity index (χ4v) is 3.83. The van der Waals surface area contributed by atoms with Crippen molar-refractivity contribution in [3.8, 4) is 0 Å². The summed E-state index contributed by atoms with van der Waals surface area (Å²) in [7, 11) is 1.83. The Bertz CT molecular complexity index is 660. The summed E-state index contributed by atoms with van der Waals surface area (Å²) in [4.78, 5) is 6.51. The molecule has 0 bridgehead atoms. The van der Waals surface area contributed by atoms with Gasteiger partial charge in [0.05, 0.1) is 0 Å². The lowest BCUT2D eigenvalue weighted by atomic mass is 9.90. The van der Waals surface area contributed by atoms with Crippen LogP contribution in [0.1, 0.15) is 29.3 Å². The SMILES string of the molecule is Cn1ncnc1C1(O)CN(CC2CCc3ccccc32)C1. The predicted octanol–water partition coefficient (Wildman–Crippen LogP) is 1.05. The average molecular weight is 284 g/mol. The first-order valence-electron chi connectivity index (χ1n) is 7.53. The molecule has 0 radical (unpaired) electrons. The third kappa shape index (κ3) is 2.08. The predicted molar refractivity (Wildman–Crippen MR) is 78.8 cm³/mol. The van der Waals surface area contributed by atoms with Gasteiger partial charge in [-0.3, -0.25) is 9.58 Å². The highest BCUT2D eigenvalue weighted by molar-refractivity contribution is 5.35. The van der Waals surface area contributed by atoms with Crippen LogP contribution in [-0.4, -0.2) is 44.4 Å². The van der Waals surface area contributed by atoms with Crippen LogP contribution in [0.5, 0.6) is 0 Å². The molecular formula is C16H20N4O. The molecule has 21 heavy (non-hydrogen) atoms. The Kier molecular flexibility index (Phi) is 2.87. The maximum atomic E-state index is 10.6. The standard InChI is InChI=1S/C16H20N4O/c1-19-15(17-11-18-19)16(21)9-20(10-16)8-13-7-6-12-4-2-3-5-14(12)13/h2-5,11,13,21H,6-10H2,1H3. The fraction of sp³-hybridized carbons (Fsp3) is 0.500. The highest BCUT2D eigenvalue weighted by Gasteiger charge is 2.46. The molecule has 0 saturated carbocycles. The van der Waals surface area contributed by atoms with Crippen LogP contribution < -0.4 is 0 Å². The van der Waals surface area contributed by atoms with Crippen LogP contribution in [0.25, 0.3) is 0 Å². The Balaban J connectivity index is 1.43. The molecule has 1 N–H and O–H groups in total. The van der Waals surface area contributed by atoms with Gasteiger partial charge in [-0.2, -0.15) is 5.10 Å². The first-order chi connectivity index (χ1) is 10.2. The van der Waals surface area contributed by atoms with Crippen LogP contribution in [0.4, 0.5) is 0 Å². The summed E-state index contributed by atoms with van der Waals surface area (Å²) in [6.07, 6.45) is 3.91. The topological polar surface area (TPSA) is 54.2 Å². The third-order valence-electron chi connectivity index (χ3n) is 4.83. The third-order valence-corrected chi connectivity index (χ3v) is 4.83. The van der Waals surface area contributed by atoms with Crippen LogP contribution in [-0.2, 0) is 19.1 Å². The molecule has 1 aliphatic heterocycles. The van der Waals surface area contributed by atoms with Gasteiger partial charge in [0.25, 0.3) is 0 Å². The Morgan fingerprint density at radius 1 is 1.33 bits per heavy atom. The monoisotopic (exact) mass is 284 g/mol. The van der Waals surface area contributed by atoms with E-state index in [0.29, 0.717) is 24.8 Å². The van der Waals surface area contributed by atoms with Gasteiger partial charge in [-0.25, -0.2) is 4.98 Å². The first kappa shape index (κ1) is 13.0. The molecule has 2 heterocycles. The second-order valence-electron chi connectivity index (χ2n) is 6.34. The molecule has 1 aromatic heterocycles. The quantitative estimate of drug-likeness (QED) is 0.915. The molecule has 0 spiro atoms. The van der Waals surface area contributed by atoms with E-state index in [4.69, 9.17) is 0 Å². The van der Waals surface area contributed by atoms with Gasteiger partial charge in [-0.1, -0.05) is 24.3 Å². The van der Waals surface area contributed by atoms with Gasteiger partial charge >= 0.3 is 0 Å². The van der Waals surface area contributed by atoms with Crippen LogP contribution in [0.15, 0.2) is 30.6 Å². The van der Waals surface area contributed by atoms with E-state index in [-0.39, 0.29) is 0 Å². The molecule has 110 valence electrons. The molecule has 0 amide bonds. The Morgan fingerprint density at radius 2 is 2.14 bits per heavy atom. The normalized spacial score (nSPS) is 23.8. The highest BCUT2D eigenvalue weighted by Crippen LogP contribution is 2.37. The van der Waals surface area contributed by atoms with Crippen molar-refractivity contribution in [1.82, 2.24) is 19.7 Å². The number of hydrogen-bond acceptors (Lipinski definition) is 4. The minimum Gasteiger partial charge on any atom is -0.379 e. The summed E-state index contributed by atoms with van der Waals surface area (Å²) in [5.74, 6) is 1.27. The number of aryl methyl sites for hydroxylation is 2. The van der Waals surface area contributed by atoms with Crippen molar-refractivity contribution < 1.29 is 5.11 Å². The van der Waals surface area contributed by atoms with Crippen LogP contribution >= 0.6 is 0 Å². The highest BCUT2D eigenvalue weighted by atomic mass is 16.3. The van der Waals surface area contributed by atoms with Gasteiger partial charge in [-0.15, -0.1) is 0 Å². The minimum atomic E-state index is -0.830. The summed E-state index contributed by atoms with van der Waals surface area (Å²) in [6.45, 7) is 2.33. The summed E-state index contributed by atoms with van der Waals surface area (Å²) in [6, 6.07) is 8.74. The van der Waals surface area contributed by atoms with E-state index in [1.165, 1.54) is 30.3 Å². The van der Waals surface area contributed by atoms with E-state index >= 15 is 0 Å². The van der Waals surface area contributed by atoms with E-state index in [9.17, 15) is 5.11 Å². The molecule has 1 aromatic carbocycles. The molecule has 1 aliphatic carbocycles. The Labute approximate surface area is 124 Å². The molecule has 1 unspecified atom stereocenters. The number of nitrogens with zero attached hydrogens (tertiary/aromatic N) is 4. The van der Waals surface area contributed by atoms with Gasteiger partial charge < -0.3 is 5.11 Å². The van der Waals surface area contributed by atoms with Crippen molar-refractivity contribution in [2.45, 2.75) is 24.4 Å². The van der Waals surface area contributed by atoms with Crippen molar-refractivity contribution in [1.29, 1.82) is 0 Å². The van der Waals surface area contributed by atoms with Gasteiger partial charge in [0.15, 0.2) is 5.82 Å². The first-order valence-corrected chi connectivity index (χ1v) is 7.53. The van der Waals surface area contributed by atoms with Crippen molar-refractivity contribution in [3.05, 3.63) is 47.5 Å². The van der Waals surface area contributed by atoms with Crippen molar-refractivity contribution in [2.24, 2.45) is 7.05 Å².